The number of carboxylic acid groups (broad SMARTS) is 1. The molecule has 31 heavy (non-hydrogen) atoms. The van der Waals surface area contributed by atoms with Crippen molar-refractivity contribution in [2.45, 2.75) is 44.8 Å². The third kappa shape index (κ3) is 2.85. The molecule has 0 unspecified atom stereocenters. The van der Waals surface area contributed by atoms with E-state index in [1.807, 2.05) is 18.2 Å². The molecule has 164 valence electrons. The van der Waals surface area contributed by atoms with Crippen LogP contribution in [0.1, 0.15) is 32.0 Å². The van der Waals surface area contributed by atoms with Crippen molar-refractivity contribution < 1.29 is 29.0 Å². The standard InChI is InChI=1S/C21H24N4O6/c1-10(18(27)28)22-17(26)11(2)25-19(29)21(3)16-13(7-8-24(21)20(25)30)14-9-12(31-4)5-6-15(14)23-16/h5-6,9-11,23H,7-8H2,1-4H3,(H,22,26)(H,27,28)/t10-,11-,21-/m0/s1. The first-order chi connectivity index (χ1) is 14.6. The summed E-state index contributed by atoms with van der Waals surface area (Å²) in [6, 6.07) is 2.71. The molecule has 1 fully saturated rings. The van der Waals surface area contributed by atoms with Gasteiger partial charge in [-0.05, 0) is 51.0 Å². The maximum atomic E-state index is 13.5. The van der Waals surface area contributed by atoms with E-state index in [1.54, 1.807) is 14.0 Å². The SMILES string of the molecule is COc1ccc2[nH]c3c(c2c1)CCN1C(=O)N([C@@H](C)C(=O)N[C@@H](C)C(=O)O)C(=O)[C@]31C. The summed E-state index contributed by atoms with van der Waals surface area (Å²) in [4.78, 5) is 55.9. The van der Waals surface area contributed by atoms with Crippen molar-refractivity contribution in [1.29, 1.82) is 0 Å². The first-order valence-corrected chi connectivity index (χ1v) is 9.98. The maximum Gasteiger partial charge on any atom is 0.328 e. The lowest BCUT2D eigenvalue weighted by atomic mass is 9.87. The van der Waals surface area contributed by atoms with Gasteiger partial charge in [0.2, 0.25) is 5.91 Å². The predicted octanol–water partition coefficient (Wildman–Crippen LogP) is 1.19. The van der Waals surface area contributed by atoms with E-state index in [4.69, 9.17) is 9.84 Å². The number of urea groups is 1. The molecule has 0 radical (unpaired) electrons. The van der Waals surface area contributed by atoms with E-state index in [-0.39, 0.29) is 0 Å². The van der Waals surface area contributed by atoms with Gasteiger partial charge in [-0.25, -0.2) is 9.69 Å². The van der Waals surface area contributed by atoms with Gasteiger partial charge >= 0.3 is 12.0 Å². The average Bonchev–Trinajstić information content (AvgIpc) is 3.20. The molecule has 2 aliphatic heterocycles. The van der Waals surface area contributed by atoms with Gasteiger partial charge in [0.15, 0.2) is 5.54 Å². The van der Waals surface area contributed by atoms with Crippen LogP contribution >= 0.6 is 0 Å². The fourth-order valence-electron chi connectivity index (χ4n) is 4.43. The molecule has 3 N–H and O–H groups in total. The highest BCUT2D eigenvalue weighted by atomic mass is 16.5. The van der Waals surface area contributed by atoms with Crippen LogP contribution in [0.25, 0.3) is 10.9 Å². The summed E-state index contributed by atoms with van der Waals surface area (Å²) in [5.41, 5.74) is 1.10. The molecular formula is C21H24N4O6. The summed E-state index contributed by atoms with van der Waals surface area (Å²) in [5, 5.41) is 12.3. The van der Waals surface area contributed by atoms with Crippen molar-refractivity contribution in [3.05, 3.63) is 29.5 Å². The molecule has 0 aliphatic carbocycles. The number of carbonyl (C=O) groups excluding carboxylic acids is 3. The van der Waals surface area contributed by atoms with Crippen molar-refractivity contribution in [1.82, 2.24) is 20.1 Å². The third-order valence-corrected chi connectivity index (χ3v) is 6.29. The molecule has 1 aromatic carbocycles. The molecule has 2 aromatic rings. The first-order valence-electron chi connectivity index (χ1n) is 9.98. The fourth-order valence-corrected chi connectivity index (χ4v) is 4.43. The van der Waals surface area contributed by atoms with Crippen LogP contribution in [0, 0.1) is 0 Å². The largest absolute Gasteiger partial charge is 0.497 e. The molecule has 0 bridgehead atoms. The first kappa shape index (κ1) is 20.7. The van der Waals surface area contributed by atoms with Crippen molar-refractivity contribution in [3.63, 3.8) is 0 Å². The second-order valence-electron chi connectivity index (χ2n) is 8.07. The highest BCUT2D eigenvalue weighted by molar-refractivity contribution is 6.11. The summed E-state index contributed by atoms with van der Waals surface area (Å²) < 4.78 is 5.32. The van der Waals surface area contributed by atoms with Crippen LogP contribution in [0.2, 0.25) is 0 Å². The number of carbonyl (C=O) groups is 4. The predicted molar refractivity (Wildman–Crippen MR) is 110 cm³/mol. The molecule has 2 aliphatic rings. The molecule has 4 rings (SSSR count). The number of H-pyrrole nitrogens is 1. The molecule has 3 heterocycles. The fraction of sp³-hybridized carbons (Fsp3) is 0.429. The molecular weight excluding hydrogens is 404 g/mol. The maximum absolute atomic E-state index is 13.5. The van der Waals surface area contributed by atoms with E-state index in [2.05, 4.69) is 10.3 Å². The topological polar surface area (TPSA) is 132 Å². The number of amides is 4. The normalized spacial score (nSPS) is 22.2. The number of carboxylic acids is 1. The molecule has 1 aromatic heterocycles. The lowest BCUT2D eigenvalue weighted by Crippen LogP contribution is -2.52. The number of aromatic nitrogens is 1. The summed E-state index contributed by atoms with van der Waals surface area (Å²) in [7, 11) is 1.58. The van der Waals surface area contributed by atoms with Gasteiger partial charge in [0.25, 0.3) is 5.91 Å². The lowest BCUT2D eigenvalue weighted by Gasteiger charge is -2.36. The Morgan fingerprint density at radius 1 is 1.29 bits per heavy atom. The Bertz CT molecular complexity index is 1120. The number of fused-ring (bicyclic) bond motifs is 5. The van der Waals surface area contributed by atoms with Gasteiger partial charge in [0.05, 0.1) is 12.8 Å². The lowest BCUT2D eigenvalue weighted by molar-refractivity contribution is -0.143. The molecule has 3 atom stereocenters. The van der Waals surface area contributed by atoms with E-state index in [0.29, 0.717) is 24.4 Å². The minimum absolute atomic E-state index is 0.314. The van der Waals surface area contributed by atoms with Crippen LogP contribution < -0.4 is 10.1 Å². The van der Waals surface area contributed by atoms with E-state index in [1.165, 1.54) is 18.7 Å². The van der Waals surface area contributed by atoms with Gasteiger partial charge in [-0.15, -0.1) is 0 Å². The van der Waals surface area contributed by atoms with E-state index < -0.39 is 41.4 Å². The van der Waals surface area contributed by atoms with Gasteiger partial charge in [0.1, 0.15) is 17.8 Å². The minimum atomic E-state index is -1.29. The Hall–Kier alpha value is -3.56. The van der Waals surface area contributed by atoms with Crippen molar-refractivity contribution >= 4 is 34.7 Å². The summed E-state index contributed by atoms with van der Waals surface area (Å²) in [6.07, 6.45) is 0.543. The number of ether oxygens (including phenoxy) is 1. The number of hydrogen-bond acceptors (Lipinski definition) is 5. The number of hydrogen-bond donors (Lipinski definition) is 3. The number of nitrogens with one attached hydrogen (secondary N) is 2. The van der Waals surface area contributed by atoms with Gasteiger partial charge in [-0.2, -0.15) is 0 Å². The van der Waals surface area contributed by atoms with E-state index in [9.17, 15) is 19.2 Å². The number of rotatable bonds is 5. The zero-order valence-corrected chi connectivity index (χ0v) is 17.7. The van der Waals surface area contributed by atoms with Crippen LogP contribution in [0.5, 0.6) is 5.75 Å². The summed E-state index contributed by atoms with van der Waals surface area (Å²) in [5.74, 6) is -1.75. The Labute approximate surface area is 178 Å². The molecule has 0 saturated carbocycles. The smallest absolute Gasteiger partial charge is 0.328 e. The van der Waals surface area contributed by atoms with Crippen LogP contribution in [0.15, 0.2) is 18.2 Å². The Morgan fingerprint density at radius 2 is 2.00 bits per heavy atom. The quantitative estimate of drug-likeness (QED) is 0.613. The van der Waals surface area contributed by atoms with Gasteiger partial charge < -0.3 is 25.0 Å². The van der Waals surface area contributed by atoms with Gasteiger partial charge in [-0.3, -0.25) is 14.4 Å². The highest BCUT2D eigenvalue weighted by Crippen LogP contribution is 2.45. The Balaban J connectivity index is 1.73. The molecule has 10 nitrogen and oxygen atoms in total. The zero-order chi connectivity index (χ0) is 22.7. The van der Waals surface area contributed by atoms with Crippen LogP contribution in [-0.2, 0) is 26.3 Å². The van der Waals surface area contributed by atoms with Gasteiger partial charge in [-0.1, -0.05) is 0 Å². The summed E-state index contributed by atoms with van der Waals surface area (Å²) in [6.45, 7) is 4.71. The minimum Gasteiger partial charge on any atom is -0.497 e. The third-order valence-electron chi connectivity index (χ3n) is 6.29. The van der Waals surface area contributed by atoms with Crippen molar-refractivity contribution in [2.75, 3.05) is 13.7 Å². The monoisotopic (exact) mass is 428 g/mol. The number of methoxy groups -OCH3 is 1. The number of imide groups is 1. The summed E-state index contributed by atoms with van der Waals surface area (Å²) >= 11 is 0. The van der Waals surface area contributed by atoms with Crippen molar-refractivity contribution in [3.8, 4) is 5.75 Å². The van der Waals surface area contributed by atoms with Gasteiger partial charge in [0, 0.05) is 17.4 Å². The Morgan fingerprint density at radius 3 is 2.65 bits per heavy atom. The number of nitrogens with zero attached hydrogens (tertiary/aromatic N) is 2. The second kappa shape index (κ2) is 7.00. The molecule has 10 heteroatoms. The van der Waals surface area contributed by atoms with Crippen LogP contribution in [0.4, 0.5) is 4.79 Å². The molecule has 1 saturated heterocycles. The number of benzene rings is 1. The molecule has 0 spiro atoms. The zero-order valence-electron chi connectivity index (χ0n) is 17.7. The number of aromatic amines is 1. The highest BCUT2D eigenvalue weighted by Gasteiger charge is 2.60. The second-order valence-corrected chi connectivity index (χ2v) is 8.07. The molecule has 4 amide bonds. The van der Waals surface area contributed by atoms with E-state index in [0.717, 1.165) is 21.4 Å². The average molecular weight is 428 g/mol. The van der Waals surface area contributed by atoms with Crippen LogP contribution in [0.3, 0.4) is 0 Å². The Kier molecular flexibility index (Phi) is 4.68. The van der Waals surface area contributed by atoms with Crippen LogP contribution in [-0.4, -0.2) is 69.4 Å². The van der Waals surface area contributed by atoms with Crippen molar-refractivity contribution in [2.24, 2.45) is 0 Å². The number of aliphatic carboxylic acids is 1. The van der Waals surface area contributed by atoms with E-state index >= 15 is 0 Å².